The van der Waals surface area contributed by atoms with Gasteiger partial charge in [-0.25, -0.2) is 9.59 Å². The summed E-state index contributed by atoms with van der Waals surface area (Å²) in [6, 6.07) is -0.110. The van der Waals surface area contributed by atoms with Crippen LogP contribution in [0.5, 0.6) is 0 Å². The minimum Gasteiger partial charge on any atom is -0.444 e. The summed E-state index contributed by atoms with van der Waals surface area (Å²) in [4.78, 5) is 27.1. The maximum atomic E-state index is 12.1. The van der Waals surface area contributed by atoms with E-state index in [2.05, 4.69) is 0 Å². The molecule has 108 valence electrons. The molecule has 0 N–H and O–H groups in total. The molecule has 1 unspecified atom stereocenters. The Kier molecular flexibility index (Phi) is 3.15. The normalized spacial score (nSPS) is 25.9. The smallest absolute Gasteiger partial charge is 0.410 e. The second kappa shape index (κ2) is 4.28. The standard InChI is InChI=1S/C13H22N2O4/c1-12(2,3)18-10(16)14-6-7-15-9(8-14)13(4,5)19-11(15)17/h9H,6-8H2,1-5H3. The second-order valence-corrected chi connectivity index (χ2v) is 6.61. The van der Waals surface area contributed by atoms with Gasteiger partial charge in [0.15, 0.2) is 0 Å². The first-order valence-corrected chi connectivity index (χ1v) is 6.58. The van der Waals surface area contributed by atoms with E-state index < -0.39 is 11.2 Å². The Morgan fingerprint density at radius 2 is 2.00 bits per heavy atom. The third kappa shape index (κ3) is 2.77. The van der Waals surface area contributed by atoms with Crippen molar-refractivity contribution in [3.63, 3.8) is 0 Å². The van der Waals surface area contributed by atoms with Crippen LogP contribution in [0, 0.1) is 0 Å². The summed E-state index contributed by atoms with van der Waals surface area (Å²) in [7, 11) is 0. The lowest BCUT2D eigenvalue weighted by Crippen LogP contribution is -2.58. The minimum atomic E-state index is -0.572. The van der Waals surface area contributed by atoms with Crippen LogP contribution in [0.2, 0.25) is 0 Å². The van der Waals surface area contributed by atoms with Crippen LogP contribution in [-0.2, 0) is 9.47 Å². The summed E-state index contributed by atoms with van der Waals surface area (Å²) in [6.07, 6.45) is -0.624. The molecule has 0 aromatic rings. The molecule has 6 heteroatoms. The molecule has 0 aromatic heterocycles. The monoisotopic (exact) mass is 270 g/mol. The number of ether oxygens (including phenoxy) is 2. The predicted molar refractivity (Wildman–Crippen MR) is 68.9 cm³/mol. The van der Waals surface area contributed by atoms with Gasteiger partial charge in [-0.05, 0) is 34.6 Å². The van der Waals surface area contributed by atoms with Crippen molar-refractivity contribution in [3.05, 3.63) is 0 Å². The van der Waals surface area contributed by atoms with Crippen molar-refractivity contribution < 1.29 is 19.1 Å². The Morgan fingerprint density at radius 3 is 2.58 bits per heavy atom. The highest BCUT2D eigenvalue weighted by Gasteiger charge is 2.51. The Balaban J connectivity index is 2.05. The number of nitrogens with zero attached hydrogens (tertiary/aromatic N) is 2. The molecular formula is C13H22N2O4. The van der Waals surface area contributed by atoms with Crippen molar-refractivity contribution in [2.45, 2.75) is 51.9 Å². The number of carbonyl (C=O) groups excluding carboxylic acids is 2. The lowest BCUT2D eigenvalue weighted by molar-refractivity contribution is 0.00219. The lowest BCUT2D eigenvalue weighted by Gasteiger charge is -2.39. The van der Waals surface area contributed by atoms with E-state index in [0.29, 0.717) is 19.6 Å². The molecule has 0 saturated carbocycles. The van der Waals surface area contributed by atoms with Gasteiger partial charge >= 0.3 is 12.2 Å². The van der Waals surface area contributed by atoms with Gasteiger partial charge in [-0.3, -0.25) is 4.90 Å². The minimum absolute atomic E-state index is 0.110. The van der Waals surface area contributed by atoms with Gasteiger partial charge in [0.2, 0.25) is 0 Å². The van der Waals surface area contributed by atoms with E-state index >= 15 is 0 Å². The molecule has 2 amide bonds. The molecule has 0 radical (unpaired) electrons. The SMILES string of the molecule is CC(C)(C)OC(=O)N1CCN2C(=O)OC(C)(C)C2C1. The van der Waals surface area contributed by atoms with E-state index in [9.17, 15) is 9.59 Å². The fraction of sp³-hybridized carbons (Fsp3) is 0.846. The van der Waals surface area contributed by atoms with Crippen LogP contribution in [-0.4, -0.2) is 58.9 Å². The van der Waals surface area contributed by atoms with Gasteiger partial charge in [0.1, 0.15) is 11.2 Å². The maximum absolute atomic E-state index is 12.1. The zero-order valence-electron chi connectivity index (χ0n) is 12.2. The van der Waals surface area contributed by atoms with Gasteiger partial charge in [0.25, 0.3) is 0 Å². The highest BCUT2D eigenvalue weighted by molar-refractivity contribution is 5.73. The number of carbonyl (C=O) groups is 2. The Labute approximate surface area is 113 Å². The number of hydrogen-bond acceptors (Lipinski definition) is 4. The molecule has 0 aromatic carbocycles. The molecule has 2 saturated heterocycles. The molecule has 0 bridgehead atoms. The Bertz CT molecular complexity index is 400. The quantitative estimate of drug-likeness (QED) is 0.674. The van der Waals surface area contributed by atoms with Crippen molar-refractivity contribution in [1.29, 1.82) is 0 Å². The third-order valence-corrected chi connectivity index (χ3v) is 3.42. The van der Waals surface area contributed by atoms with Crippen LogP contribution < -0.4 is 0 Å². The van der Waals surface area contributed by atoms with Crippen molar-refractivity contribution in [1.82, 2.24) is 9.80 Å². The van der Waals surface area contributed by atoms with Gasteiger partial charge in [0.05, 0.1) is 6.04 Å². The van der Waals surface area contributed by atoms with Gasteiger partial charge in [-0.2, -0.15) is 0 Å². The Morgan fingerprint density at radius 1 is 1.37 bits per heavy atom. The summed E-state index contributed by atoms with van der Waals surface area (Å²) < 4.78 is 10.7. The zero-order valence-corrected chi connectivity index (χ0v) is 12.2. The van der Waals surface area contributed by atoms with E-state index in [1.807, 2.05) is 34.6 Å². The van der Waals surface area contributed by atoms with Crippen LogP contribution in [0.3, 0.4) is 0 Å². The molecule has 0 spiro atoms. The van der Waals surface area contributed by atoms with Crippen LogP contribution in [0.25, 0.3) is 0 Å². The van der Waals surface area contributed by atoms with Crippen molar-refractivity contribution in [2.75, 3.05) is 19.6 Å². The molecule has 2 aliphatic rings. The van der Waals surface area contributed by atoms with Crippen molar-refractivity contribution >= 4 is 12.2 Å². The fourth-order valence-electron chi connectivity index (χ4n) is 2.44. The molecule has 1 atom stereocenters. The van der Waals surface area contributed by atoms with E-state index in [4.69, 9.17) is 9.47 Å². The molecule has 0 aliphatic carbocycles. The summed E-state index contributed by atoms with van der Waals surface area (Å²) in [6.45, 7) is 10.7. The van der Waals surface area contributed by atoms with E-state index in [-0.39, 0.29) is 18.2 Å². The maximum Gasteiger partial charge on any atom is 0.410 e. The summed E-state index contributed by atoms with van der Waals surface area (Å²) in [5.74, 6) is 0. The first-order valence-electron chi connectivity index (χ1n) is 6.58. The number of fused-ring (bicyclic) bond motifs is 1. The summed E-state index contributed by atoms with van der Waals surface area (Å²) >= 11 is 0. The molecule has 2 aliphatic heterocycles. The molecule has 6 nitrogen and oxygen atoms in total. The average Bonchev–Trinajstić information content (AvgIpc) is 2.47. The predicted octanol–water partition coefficient (Wildman–Crippen LogP) is 1.84. The largest absolute Gasteiger partial charge is 0.444 e. The first-order chi connectivity index (χ1) is 8.60. The molecule has 2 rings (SSSR count). The molecular weight excluding hydrogens is 248 g/mol. The van der Waals surface area contributed by atoms with Crippen LogP contribution in [0.4, 0.5) is 9.59 Å². The lowest BCUT2D eigenvalue weighted by atomic mass is 9.97. The number of rotatable bonds is 0. The van der Waals surface area contributed by atoms with E-state index in [1.54, 1.807) is 9.80 Å². The molecule has 2 heterocycles. The van der Waals surface area contributed by atoms with Crippen LogP contribution in [0.1, 0.15) is 34.6 Å². The van der Waals surface area contributed by atoms with Gasteiger partial charge in [-0.15, -0.1) is 0 Å². The fourth-order valence-corrected chi connectivity index (χ4v) is 2.44. The number of amides is 2. The highest BCUT2D eigenvalue weighted by Crippen LogP contribution is 2.32. The van der Waals surface area contributed by atoms with Crippen LogP contribution in [0.15, 0.2) is 0 Å². The third-order valence-electron chi connectivity index (χ3n) is 3.42. The van der Waals surface area contributed by atoms with Crippen molar-refractivity contribution in [2.24, 2.45) is 0 Å². The van der Waals surface area contributed by atoms with Gasteiger partial charge < -0.3 is 14.4 Å². The second-order valence-electron chi connectivity index (χ2n) is 6.61. The number of cyclic esters (lactones) is 1. The zero-order chi connectivity index (χ0) is 14.4. The average molecular weight is 270 g/mol. The number of piperazine rings is 1. The van der Waals surface area contributed by atoms with E-state index in [1.165, 1.54) is 0 Å². The Hall–Kier alpha value is -1.46. The van der Waals surface area contributed by atoms with Gasteiger partial charge in [0, 0.05) is 19.6 Å². The molecule has 2 fully saturated rings. The summed E-state index contributed by atoms with van der Waals surface area (Å²) in [5, 5.41) is 0. The first kappa shape index (κ1) is 14.0. The summed E-state index contributed by atoms with van der Waals surface area (Å²) in [5.41, 5.74) is -1.08. The topological polar surface area (TPSA) is 59.1 Å². The van der Waals surface area contributed by atoms with Crippen LogP contribution >= 0.6 is 0 Å². The van der Waals surface area contributed by atoms with Gasteiger partial charge in [-0.1, -0.05) is 0 Å². The number of hydrogen-bond donors (Lipinski definition) is 0. The van der Waals surface area contributed by atoms with Crippen molar-refractivity contribution in [3.8, 4) is 0 Å². The molecule has 19 heavy (non-hydrogen) atoms. The highest BCUT2D eigenvalue weighted by atomic mass is 16.6. The van der Waals surface area contributed by atoms with E-state index in [0.717, 1.165) is 0 Å².